The number of rotatable bonds is 3. The molecule has 3 heteroatoms. The third kappa shape index (κ3) is 2.72. The van der Waals surface area contributed by atoms with Crippen LogP contribution in [0.5, 0.6) is 0 Å². The van der Waals surface area contributed by atoms with Gasteiger partial charge in [-0.3, -0.25) is 4.98 Å². The first-order valence-corrected chi connectivity index (χ1v) is 7.45. The van der Waals surface area contributed by atoms with E-state index in [9.17, 15) is 0 Å². The zero-order chi connectivity index (χ0) is 13.2. The summed E-state index contributed by atoms with van der Waals surface area (Å²) in [6, 6.07) is 11.2. The second-order valence-corrected chi connectivity index (χ2v) is 5.94. The lowest BCUT2D eigenvalue weighted by Gasteiger charge is -2.14. The molecule has 0 radical (unpaired) electrons. The molecule has 2 aromatic rings. The summed E-state index contributed by atoms with van der Waals surface area (Å²) < 4.78 is 1.24. The second kappa shape index (κ2) is 5.43. The van der Waals surface area contributed by atoms with Crippen molar-refractivity contribution >= 4 is 15.9 Å². The number of fused-ring (bicyclic) bond motifs is 1. The molecule has 3 rings (SSSR count). The van der Waals surface area contributed by atoms with Crippen molar-refractivity contribution in [3.05, 3.63) is 63.4 Å². The Hall–Kier alpha value is -1.19. The quantitative estimate of drug-likeness (QED) is 0.928. The van der Waals surface area contributed by atoms with Gasteiger partial charge in [0.1, 0.15) is 0 Å². The van der Waals surface area contributed by atoms with E-state index in [1.165, 1.54) is 27.6 Å². The van der Waals surface area contributed by atoms with Gasteiger partial charge in [-0.25, -0.2) is 0 Å². The number of halogens is 1. The normalized spacial score (nSPS) is 17.5. The highest BCUT2D eigenvalue weighted by Crippen LogP contribution is 2.35. The molecule has 98 valence electrons. The summed E-state index contributed by atoms with van der Waals surface area (Å²) in [7, 11) is 0. The van der Waals surface area contributed by atoms with E-state index in [4.69, 9.17) is 0 Å². The number of hydrogen-bond donors (Lipinski definition) is 1. The maximum Gasteiger partial charge on any atom is 0.0372 e. The number of nitrogens with one attached hydrogen (secondary N) is 1. The van der Waals surface area contributed by atoms with Crippen LogP contribution in [0.25, 0.3) is 0 Å². The molecule has 1 atom stereocenters. The summed E-state index contributed by atoms with van der Waals surface area (Å²) in [5.74, 6) is 0. The topological polar surface area (TPSA) is 24.9 Å². The monoisotopic (exact) mass is 316 g/mol. The van der Waals surface area contributed by atoms with Crippen LogP contribution >= 0.6 is 15.9 Å². The molecule has 0 saturated heterocycles. The van der Waals surface area contributed by atoms with E-state index in [1.807, 2.05) is 13.1 Å². The minimum Gasteiger partial charge on any atom is -0.306 e. The summed E-state index contributed by atoms with van der Waals surface area (Å²) in [5.41, 5.74) is 5.21. The van der Waals surface area contributed by atoms with Crippen molar-refractivity contribution < 1.29 is 0 Å². The predicted octanol–water partition coefficient (Wildman–Crippen LogP) is 3.93. The van der Waals surface area contributed by atoms with Crippen molar-refractivity contribution in [1.82, 2.24) is 10.3 Å². The standard InChI is InChI=1S/C16H17BrN2/c1-11-5-6-12(9-18-11)10-19-16-8-7-13-14(16)3-2-4-15(13)17/h2-6,9,16,19H,7-8,10H2,1H3. The zero-order valence-electron chi connectivity index (χ0n) is 11.0. The number of benzene rings is 1. The molecule has 0 bridgehead atoms. The average Bonchev–Trinajstić information content (AvgIpc) is 2.83. The predicted molar refractivity (Wildman–Crippen MR) is 81.0 cm³/mol. The third-order valence-corrected chi connectivity index (χ3v) is 4.48. The maximum atomic E-state index is 4.34. The van der Waals surface area contributed by atoms with Gasteiger partial charge in [-0.15, -0.1) is 0 Å². The van der Waals surface area contributed by atoms with Crippen molar-refractivity contribution in [2.75, 3.05) is 0 Å². The van der Waals surface area contributed by atoms with Gasteiger partial charge in [0.2, 0.25) is 0 Å². The van der Waals surface area contributed by atoms with Gasteiger partial charge in [0.25, 0.3) is 0 Å². The van der Waals surface area contributed by atoms with Crippen LogP contribution in [0.1, 0.15) is 34.8 Å². The smallest absolute Gasteiger partial charge is 0.0372 e. The molecule has 0 fully saturated rings. The lowest BCUT2D eigenvalue weighted by atomic mass is 10.1. The van der Waals surface area contributed by atoms with E-state index in [2.05, 4.69) is 56.6 Å². The van der Waals surface area contributed by atoms with Crippen molar-refractivity contribution in [1.29, 1.82) is 0 Å². The van der Waals surface area contributed by atoms with Gasteiger partial charge >= 0.3 is 0 Å². The molecule has 1 aliphatic rings. The first kappa shape index (κ1) is 12.8. The van der Waals surface area contributed by atoms with Gasteiger partial charge in [-0.2, -0.15) is 0 Å². The molecule has 1 unspecified atom stereocenters. The minimum atomic E-state index is 0.466. The Balaban J connectivity index is 1.70. The van der Waals surface area contributed by atoms with Gasteiger partial charge in [0.05, 0.1) is 0 Å². The number of aryl methyl sites for hydroxylation is 1. The molecule has 0 amide bonds. The van der Waals surface area contributed by atoms with Crippen molar-refractivity contribution in [3.63, 3.8) is 0 Å². The molecular weight excluding hydrogens is 300 g/mol. The molecule has 2 nitrogen and oxygen atoms in total. The fourth-order valence-corrected chi connectivity index (χ4v) is 3.25. The summed E-state index contributed by atoms with van der Waals surface area (Å²) in [6.07, 6.45) is 4.29. The number of hydrogen-bond acceptors (Lipinski definition) is 2. The van der Waals surface area contributed by atoms with Gasteiger partial charge in [0, 0.05) is 29.0 Å². The largest absolute Gasteiger partial charge is 0.306 e. The lowest BCUT2D eigenvalue weighted by molar-refractivity contribution is 0.529. The highest BCUT2D eigenvalue weighted by molar-refractivity contribution is 9.10. The van der Waals surface area contributed by atoms with Crippen molar-refractivity contribution in [2.45, 2.75) is 32.4 Å². The van der Waals surface area contributed by atoms with Crippen LogP contribution in [0.2, 0.25) is 0 Å². The minimum absolute atomic E-state index is 0.466. The summed E-state index contributed by atoms with van der Waals surface area (Å²) >= 11 is 3.64. The second-order valence-electron chi connectivity index (χ2n) is 5.09. The van der Waals surface area contributed by atoms with Crippen molar-refractivity contribution in [3.8, 4) is 0 Å². The Morgan fingerprint density at radius 1 is 1.32 bits per heavy atom. The number of pyridine rings is 1. The highest BCUT2D eigenvalue weighted by Gasteiger charge is 2.23. The molecule has 1 N–H and O–H groups in total. The van der Waals surface area contributed by atoms with Crippen LogP contribution in [0.15, 0.2) is 41.0 Å². The van der Waals surface area contributed by atoms with E-state index in [1.54, 1.807) is 0 Å². The fraction of sp³-hybridized carbons (Fsp3) is 0.312. The Labute approximate surface area is 122 Å². The van der Waals surface area contributed by atoms with E-state index in [0.29, 0.717) is 6.04 Å². The maximum absolute atomic E-state index is 4.34. The molecule has 1 aromatic heterocycles. The third-order valence-electron chi connectivity index (χ3n) is 3.74. The average molecular weight is 317 g/mol. The van der Waals surface area contributed by atoms with Gasteiger partial charge in [-0.1, -0.05) is 34.1 Å². The first-order valence-electron chi connectivity index (χ1n) is 6.66. The molecule has 0 aliphatic heterocycles. The molecule has 0 saturated carbocycles. The number of nitrogens with zero attached hydrogens (tertiary/aromatic N) is 1. The number of aromatic nitrogens is 1. The van der Waals surface area contributed by atoms with E-state index >= 15 is 0 Å². The van der Waals surface area contributed by atoms with Gasteiger partial charge < -0.3 is 5.32 Å². The molecule has 1 heterocycles. The Morgan fingerprint density at radius 3 is 3.00 bits per heavy atom. The van der Waals surface area contributed by atoms with Crippen molar-refractivity contribution in [2.24, 2.45) is 0 Å². The Morgan fingerprint density at radius 2 is 2.21 bits per heavy atom. The summed E-state index contributed by atoms with van der Waals surface area (Å²) in [5, 5.41) is 3.64. The SMILES string of the molecule is Cc1ccc(CNC2CCc3c(Br)cccc32)cn1. The summed E-state index contributed by atoms with van der Waals surface area (Å²) in [4.78, 5) is 4.34. The molecule has 0 spiro atoms. The Bertz CT molecular complexity index is 578. The van der Waals surface area contributed by atoms with Crippen LogP contribution < -0.4 is 5.32 Å². The summed E-state index contributed by atoms with van der Waals surface area (Å²) in [6.45, 7) is 2.89. The van der Waals surface area contributed by atoms with Crippen LogP contribution in [0.4, 0.5) is 0 Å². The molecule has 1 aromatic carbocycles. The van der Waals surface area contributed by atoms with Crippen LogP contribution in [0.3, 0.4) is 0 Å². The van der Waals surface area contributed by atoms with Gasteiger partial charge in [0.15, 0.2) is 0 Å². The molecule has 1 aliphatic carbocycles. The lowest BCUT2D eigenvalue weighted by Crippen LogP contribution is -2.18. The highest BCUT2D eigenvalue weighted by atomic mass is 79.9. The molecule has 19 heavy (non-hydrogen) atoms. The fourth-order valence-electron chi connectivity index (χ4n) is 2.67. The van der Waals surface area contributed by atoms with Crippen LogP contribution in [0, 0.1) is 6.92 Å². The zero-order valence-corrected chi connectivity index (χ0v) is 12.6. The van der Waals surface area contributed by atoms with E-state index in [0.717, 1.165) is 18.7 Å². The van der Waals surface area contributed by atoms with E-state index < -0.39 is 0 Å². The van der Waals surface area contributed by atoms with Crippen LogP contribution in [-0.4, -0.2) is 4.98 Å². The van der Waals surface area contributed by atoms with Gasteiger partial charge in [-0.05, 0) is 48.6 Å². The Kier molecular flexibility index (Phi) is 3.67. The van der Waals surface area contributed by atoms with Crippen LogP contribution in [-0.2, 0) is 13.0 Å². The first-order chi connectivity index (χ1) is 9.24. The molecular formula is C16H17BrN2. The van der Waals surface area contributed by atoms with E-state index in [-0.39, 0.29) is 0 Å².